The molecule has 3 aromatic carbocycles. The van der Waals surface area contributed by atoms with Gasteiger partial charge in [0.1, 0.15) is 23.9 Å². The Morgan fingerprint density at radius 1 is 1.14 bits per heavy atom. The fourth-order valence-electron chi connectivity index (χ4n) is 3.55. The summed E-state index contributed by atoms with van der Waals surface area (Å²) in [6, 6.07) is 19.7. The smallest absolute Gasteiger partial charge is 0.249 e. The molecule has 0 spiro atoms. The van der Waals surface area contributed by atoms with Gasteiger partial charge in [0, 0.05) is 17.8 Å². The van der Waals surface area contributed by atoms with E-state index in [0.717, 1.165) is 28.0 Å². The summed E-state index contributed by atoms with van der Waals surface area (Å²) in [4.78, 5) is 12.5. The Labute approximate surface area is 217 Å². The molecule has 0 atom stereocenters. The van der Waals surface area contributed by atoms with E-state index in [9.17, 15) is 9.18 Å². The van der Waals surface area contributed by atoms with Crippen LogP contribution in [0.2, 0.25) is 0 Å². The number of anilines is 1. The highest BCUT2D eigenvalue weighted by molar-refractivity contribution is 9.10. The standard InChI is InChI=1S/C28H25BrFN3O3/c1-19-4-3-5-24(14-19)36-18-22-15-20(8-12-26(22)35-2)9-13-27(34)31-28-25(29)17-33(32-28)16-21-6-10-23(30)11-7-21/h3-15,17H,16,18H2,1-2H3,(H,31,32,34)/b13-9+. The van der Waals surface area contributed by atoms with Gasteiger partial charge in [0.25, 0.3) is 0 Å². The van der Waals surface area contributed by atoms with Crippen LogP contribution in [0, 0.1) is 12.7 Å². The third-order valence-corrected chi connectivity index (χ3v) is 5.91. The Hall–Kier alpha value is -3.91. The quantitative estimate of drug-likeness (QED) is 0.246. The number of nitrogens with one attached hydrogen (secondary N) is 1. The molecular formula is C28H25BrFN3O3. The monoisotopic (exact) mass is 549 g/mol. The highest BCUT2D eigenvalue weighted by Crippen LogP contribution is 2.24. The molecule has 184 valence electrons. The number of methoxy groups -OCH3 is 1. The average Bonchev–Trinajstić information content (AvgIpc) is 3.21. The van der Waals surface area contributed by atoms with Gasteiger partial charge in [0.05, 0.1) is 18.1 Å². The van der Waals surface area contributed by atoms with Crippen molar-refractivity contribution < 1.29 is 18.7 Å². The van der Waals surface area contributed by atoms with E-state index in [4.69, 9.17) is 9.47 Å². The van der Waals surface area contributed by atoms with Crippen LogP contribution in [0.3, 0.4) is 0 Å². The summed E-state index contributed by atoms with van der Waals surface area (Å²) in [6.45, 7) is 2.79. The Bertz CT molecular complexity index is 1380. The van der Waals surface area contributed by atoms with Crippen LogP contribution in [0.1, 0.15) is 22.3 Å². The Balaban J connectivity index is 1.39. The number of amides is 1. The number of nitrogens with zero attached hydrogens (tertiary/aromatic N) is 2. The van der Waals surface area contributed by atoms with Gasteiger partial charge in [-0.15, -0.1) is 0 Å². The van der Waals surface area contributed by atoms with Crippen molar-refractivity contribution in [1.82, 2.24) is 9.78 Å². The van der Waals surface area contributed by atoms with Gasteiger partial charge in [-0.25, -0.2) is 4.39 Å². The lowest BCUT2D eigenvalue weighted by Crippen LogP contribution is -2.09. The van der Waals surface area contributed by atoms with E-state index in [1.165, 1.54) is 18.2 Å². The van der Waals surface area contributed by atoms with E-state index in [2.05, 4.69) is 26.3 Å². The number of hydrogen-bond donors (Lipinski definition) is 1. The summed E-state index contributed by atoms with van der Waals surface area (Å²) < 4.78 is 26.8. The molecule has 1 N–H and O–H groups in total. The minimum absolute atomic E-state index is 0.289. The molecule has 4 rings (SSSR count). The van der Waals surface area contributed by atoms with Crippen molar-refractivity contribution in [3.05, 3.63) is 112 Å². The fourth-order valence-corrected chi connectivity index (χ4v) is 3.97. The van der Waals surface area contributed by atoms with Gasteiger partial charge in [-0.05, 0) is 82.0 Å². The Morgan fingerprint density at radius 2 is 1.94 bits per heavy atom. The maximum Gasteiger partial charge on any atom is 0.249 e. The van der Waals surface area contributed by atoms with Gasteiger partial charge in [0.2, 0.25) is 5.91 Å². The summed E-state index contributed by atoms with van der Waals surface area (Å²) in [5, 5.41) is 7.17. The van der Waals surface area contributed by atoms with E-state index in [1.54, 1.807) is 36.2 Å². The first-order chi connectivity index (χ1) is 17.4. The average molecular weight is 550 g/mol. The molecule has 0 aliphatic heterocycles. The van der Waals surface area contributed by atoms with E-state index in [0.29, 0.717) is 29.2 Å². The number of benzene rings is 3. The SMILES string of the molecule is COc1ccc(/C=C/C(=O)Nc2nn(Cc3ccc(F)cc3)cc2Br)cc1COc1cccc(C)c1. The maximum absolute atomic E-state index is 13.1. The molecule has 0 radical (unpaired) electrons. The highest BCUT2D eigenvalue weighted by Gasteiger charge is 2.10. The first kappa shape index (κ1) is 25.2. The molecule has 8 heteroatoms. The summed E-state index contributed by atoms with van der Waals surface area (Å²) in [5.41, 5.74) is 3.71. The van der Waals surface area contributed by atoms with Crippen molar-refractivity contribution in [2.45, 2.75) is 20.1 Å². The van der Waals surface area contributed by atoms with Gasteiger partial charge in [-0.2, -0.15) is 5.10 Å². The van der Waals surface area contributed by atoms with Crippen LogP contribution in [0.5, 0.6) is 11.5 Å². The zero-order valence-corrected chi connectivity index (χ0v) is 21.5. The second-order valence-corrected chi connectivity index (χ2v) is 9.00. The number of aryl methyl sites for hydroxylation is 1. The van der Waals surface area contributed by atoms with Crippen molar-refractivity contribution in [2.75, 3.05) is 12.4 Å². The number of ether oxygens (including phenoxy) is 2. The van der Waals surface area contributed by atoms with Crippen LogP contribution in [0.15, 0.2) is 83.5 Å². The van der Waals surface area contributed by atoms with Crippen LogP contribution in [0.25, 0.3) is 6.08 Å². The second-order valence-electron chi connectivity index (χ2n) is 8.15. The molecule has 0 aliphatic carbocycles. The van der Waals surface area contributed by atoms with Crippen molar-refractivity contribution >= 4 is 33.7 Å². The van der Waals surface area contributed by atoms with Crippen LogP contribution in [0.4, 0.5) is 10.2 Å². The number of rotatable bonds is 9. The lowest BCUT2D eigenvalue weighted by molar-refractivity contribution is -0.111. The van der Waals surface area contributed by atoms with Crippen LogP contribution >= 0.6 is 15.9 Å². The van der Waals surface area contributed by atoms with Gasteiger partial charge < -0.3 is 14.8 Å². The molecule has 0 saturated carbocycles. The first-order valence-electron chi connectivity index (χ1n) is 11.2. The molecule has 1 heterocycles. The van der Waals surface area contributed by atoms with Gasteiger partial charge in [-0.3, -0.25) is 9.48 Å². The number of halogens is 2. The van der Waals surface area contributed by atoms with Crippen LogP contribution in [-0.2, 0) is 17.9 Å². The van der Waals surface area contributed by atoms with E-state index < -0.39 is 0 Å². The van der Waals surface area contributed by atoms with E-state index in [-0.39, 0.29) is 11.7 Å². The molecule has 0 bridgehead atoms. The molecule has 36 heavy (non-hydrogen) atoms. The molecule has 0 saturated heterocycles. The molecular weight excluding hydrogens is 525 g/mol. The highest BCUT2D eigenvalue weighted by atomic mass is 79.9. The van der Waals surface area contributed by atoms with Crippen molar-refractivity contribution in [3.63, 3.8) is 0 Å². The molecule has 0 fully saturated rings. The summed E-state index contributed by atoms with van der Waals surface area (Å²) in [7, 11) is 1.61. The summed E-state index contributed by atoms with van der Waals surface area (Å²) >= 11 is 3.42. The van der Waals surface area contributed by atoms with E-state index in [1.807, 2.05) is 49.4 Å². The zero-order chi connectivity index (χ0) is 25.5. The topological polar surface area (TPSA) is 65.4 Å². The molecule has 6 nitrogen and oxygen atoms in total. The molecule has 1 amide bonds. The Morgan fingerprint density at radius 3 is 2.69 bits per heavy atom. The number of carbonyl (C=O) groups is 1. The zero-order valence-electron chi connectivity index (χ0n) is 19.9. The first-order valence-corrected chi connectivity index (χ1v) is 12.0. The van der Waals surface area contributed by atoms with Crippen LogP contribution < -0.4 is 14.8 Å². The molecule has 0 unspecified atom stereocenters. The van der Waals surface area contributed by atoms with Gasteiger partial charge in [0.15, 0.2) is 5.82 Å². The van der Waals surface area contributed by atoms with E-state index >= 15 is 0 Å². The largest absolute Gasteiger partial charge is 0.496 e. The molecule has 1 aromatic heterocycles. The van der Waals surface area contributed by atoms with Gasteiger partial charge in [-0.1, -0.05) is 30.3 Å². The minimum Gasteiger partial charge on any atom is -0.496 e. The lowest BCUT2D eigenvalue weighted by Gasteiger charge is -2.11. The van der Waals surface area contributed by atoms with Gasteiger partial charge >= 0.3 is 0 Å². The number of hydrogen-bond acceptors (Lipinski definition) is 4. The summed E-state index contributed by atoms with van der Waals surface area (Å²) in [6.07, 6.45) is 4.92. The predicted molar refractivity (Wildman–Crippen MR) is 142 cm³/mol. The molecule has 4 aromatic rings. The number of carbonyl (C=O) groups excluding carboxylic acids is 1. The second kappa shape index (κ2) is 11.7. The van der Waals surface area contributed by atoms with Crippen molar-refractivity contribution in [1.29, 1.82) is 0 Å². The maximum atomic E-state index is 13.1. The number of aromatic nitrogens is 2. The third-order valence-electron chi connectivity index (χ3n) is 5.33. The minimum atomic E-state index is -0.323. The predicted octanol–water partition coefficient (Wildman–Crippen LogP) is 6.38. The Kier molecular flexibility index (Phi) is 8.17. The van der Waals surface area contributed by atoms with Crippen LogP contribution in [-0.4, -0.2) is 22.8 Å². The third kappa shape index (κ3) is 6.82. The van der Waals surface area contributed by atoms with Crippen molar-refractivity contribution in [2.24, 2.45) is 0 Å². The normalized spacial score (nSPS) is 11.0. The molecule has 0 aliphatic rings. The fraction of sp³-hybridized carbons (Fsp3) is 0.143. The lowest BCUT2D eigenvalue weighted by atomic mass is 10.1. The van der Waals surface area contributed by atoms with Crippen molar-refractivity contribution in [3.8, 4) is 11.5 Å². The summed E-state index contributed by atoms with van der Waals surface area (Å²) in [5.74, 6) is 1.27.